The number of hydrogen-bond donors (Lipinski definition) is 1. The lowest BCUT2D eigenvalue weighted by Crippen LogP contribution is -2.03. The fourth-order valence-corrected chi connectivity index (χ4v) is 1.81. The van der Waals surface area contributed by atoms with Gasteiger partial charge in [0.25, 0.3) is 0 Å². The molecular weight excluding hydrogens is 184 g/mol. The molecule has 0 saturated heterocycles. The van der Waals surface area contributed by atoms with Gasteiger partial charge in [-0.15, -0.1) is 0 Å². The minimum Gasteiger partial charge on any atom is -0.393 e. The van der Waals surface area contributed by atoms with Crippen LogP contribution in [0, 0.1) is 5.92 Å². The van der Waals surface area contributed by atoms with E-state index >= 15 is 0 Å². The molecule has 0 aromatic carbocycles. The van der Waals surface area contributed by atoms with Crippen molar-refractivity contribution in [3.8, 4) is 0 Å². The van der Waals surface area contributed by atoms with E-state index in [1.807, 2.05) is 0 Å². The third-order valence-corrected chi connectivity index (χ3v) is 3.40. The van der Waals surface area contributed by atoms with E-state index in [9.17, 15) is 5.11 Å². The van der Waals surface area contributed by atoms with Gasteiger partial charge in [-0.25, -0.2) is 0 Å². The minimum absolute atomic E-state index is 0.0508. The molecule has 0 saturated carbocycles. The van der Waals surface area contributed by atoms with Gasteiger partial charge in [-0.05, 0) is 18.8 Å². The second-order valence-corrected chi connectivity index (χ2v) is 4.92. The number of aliphatic hydroxyl groups excluding tert-OH is 1. The maximum atomic E-state index is 9.37. The largest absolute Gasteiger partial charge is 0.393 e. The molecule has 1 nitrogen and oxygen atoms in total. The third kappa shape index (κ3) is 10.2. The third-order valence-electron chi connectivity index (χ3n) is 3.40. The summed E-state index contributed by atoms with van der Waals surface area (Å²) in [7, 11) is 0. The zero-order valence-corrected chi connectivity index (χ0v) is 11.0. The van der Waals surface area contributed by atoms with Crippen LogP contribution in [0.15, 0.2) is 0 Å². The molecule has 0 radical (unpaired) electrons. The number of aliphatic hydroxyl groups is 1. The van der Waals surface area contributed by atoms with Crippen molar-refractivity contribution in [2.75, 3.05) is 0 Å². The maximum Gasteiger partial charge on any atom is 0.0537 e. The molecule has 1 heteroatoms. The summed E-state index contributed by atoms with van der Waals surface area (Å²) in [4.78, 5) is 0. The molecule has 0 aliphatic heterocycles. The Morgan fingerprint density at radius 2 is 1.33 bits per heavy atom. The average molecular weight is 214 g/mol. The van der Waals surface area contributed by atoms with E-state index in [2.05, 4.69) is 20.8 Å². The van der Waals surface area contributed by atoms with E-state index in [0.29, 0.717) is 0 Å². The topological polar surface area (TPSA) is 20.2 Å². The lowest BCUT2D eigenvalue weighted by atomic mass is 9.99. The molecule has 15 heavy (non-hydrogen) atoms. The van der Waals surface area contributed by atoms with E-state index in [1.54, 1.807) is 0 Å². The Morgan fingerprint density at radius 3 is 1.87 bits per heavy atom. The van der Waals surface area contributed by atoms with Gasteiger partial charge in [0.1, 0.15) is 0 Å². The second-order valence-electron chi connectivity index (χ2n) is 4.92. The number of unbranched alkanes of at least 4 members (excludes halogenated alkanes) is 4. The summed E-state index contributed by atoms with van der Waals surface area (Å²) < 4.78 is 0. The Hall–Kier alpha value is -0.0400. The standard InChI is InChI=1S/C14H30O/c1-4-13(3)11-9-7-6-8-10-12-14(15)5-2/h13-15H,4-12H2,1-3H3. The van der Waals surface area contributed by atoms with Gasteiger partial charge < -0.3 is 5.11 Å². The van der Waals surface area contributed by atoms with Gasteiger partial charge in [-0.2, -0.15) is 0 Å². The summed E-state index contributed by atoms with van der Waals surface area (Å²) in [6, 6.07) is 0. The molecule has 0 rings (SSSR count). The molecule has 2 unspecified atom stereocenters. The summed E-state index contributed by atoms with van der Waals surface area (Å²) >= 11 is 0. The monoisotopic (exact) mass is 214 g/mol. The molecular formula is C14H30O. The maximum absolute atomic E-state index is 9.37. The fraction of sp³-hybridized carbons (Fsp3) is 1.00. The average Bonchev–Trinajstić information content (AvgIpc) is 2.26. The van der Waals surface area contributed by atoms with Gasteiger partial charge in [0.2, 0.25) is 0 Å². The van der Waals surface area contributed by atoms with Gasteiger partial charge in [-0.1, -0.05) is 65.7 Å². The molecule has 0 aliphatic carbocycles. The lowest BCUT2D eigenvalue weighted by Gasteiger charge is -2.08. The summed E-state index contributed by atoms with van der Waals surface area (Å²) in [6.45, 7) is 6.67. The smallest absolute Gasteiger partial charge is 0.0537 e. The molecule has 1 N–H and O–H groups in total. The Balaban J connectivity index is 3.05. The highest BCUT2D eigenvalue weighted by molar-refractivity contribution is 4.54. The van der Waals surface area contributed by atoms with Crippen LogP contribution in [-0.4, -0.2) is 11.2 Å². The van der Waals surface area contributed by atoms with Gasteiger partial charge in [0.05, 0.1) is 6.10 Å². The molecule has 0 aromatic heterocycles. The summed E-state index contributed by atoms with van der Waals surface area (Å²) in [5, 5.41) is 9.37. The molecule has 0 fully saturated rings. The zero-order chi connectivity index (χ0) is 11.5. The first kappa shape index (κ1) is 15.0. The van der Waals surface area contributed by atoms with Crippen LogP contribution in [0.2, 0.25) is 0 Å². The molecule has 0 spiro atoms. The van der Waals surface area contributed by atoms with Crippen LogP contribution in [-0.2, 0) is 0 Å². The van der Waals surface area contributed by atoms with E-state index in [4.69, 9.17) is 0 Å². The van der Waals surface area contributed by atoms with Crippen LogP contribution in [0.4, 0.5) is 0 Å². The molecule has 0 amide bonds. The van der Waals surface area contributed by atoms with Crippen molar-refractivity contribution in [1.82, 2.24) is 0 Å². The number of rotatable bonds is 10. The van der Waals surface area contributed by atoms with Gasteiger partial charge in [-0.3, -0.25) is 0 Å². The SMILES string of the molecule is CCC(C)CCCCCCCC(O)CC. The van der Waals surface area contributed by atoms with Crippen molar-refractivity contribution < 1.29 is 5.11 Å². The van der Waals surface area contributed by atoms with Crippen molar-refractivity contribution in [2.45, 2.75) is 84.7 Å². The second kappa shape index (κ2) is 10.5. The first-order valence-electron chi connectivity index (χ1n) is 6.88. The van der Waals surface area contributed by atoms with E-state index < -0.39 is 0 Å². The van der Waals surface area contributed by atoms with Crippen molar-refractivity contribution in [2.24, 2.45) is 5.92 Å². The van der Waals surface area contributed by atoms with Crippen molar-refractivity contribution >= 4 is 0 Å². The Kier molecular flexibility index (Phi) is 10.4. The molecule has 0 bridgehead atoms. The first-order chi connectivity index (χ1) is 7.20. The molecule has 92 valence electrons. The molecule has 2 atom stereocenters. The highest BCUT2D eigenvalue weighted by Crippen LogP contribution is 2.14. The van der Waals surface area contributed by atoms with Crippen LogP contribution in [0.3, 0.4) is 0 Å². The van der Waals surface area contributed by atoms with Crippen LogP contribution in [0.1, 0.15) is 78.6 Å². The van der Waals surface area contributed by atoms with Gasteiger partial charge in [0.15, 0.2) is 0 Å². The van der Waals surface area contributed by atoms with Crippen molar-refractivity contribution in [3.05, 3.63) is 0 Å². The predicted octanol–water partition coefficient (Wildman–Crippen LogP) is 4.53. The Morgan fingerprint density at radius 1 is 0.800 bits per heavy atom. The van der Waals surface area contributed by atoms with Gasteiger partial charge in [0, 0.05) is 0 Å². The van der Waals surface area contributed by atoms with Crippen molar-refractivity contribution in [3.63, 3.8) is 0 Å². The van der Waals surface area contributed by atoms with Crippen LogP contribution in [0.5, 0.6) is 0 Å². The van der Waals surface area contributed by atoms with E-state index in [1.165, 1.54) is 44.9 Å². The van der Waals surface area contributed by atoms with Gasteiger partial charge >= 0.3 is 0 Å². The van der Waals surface area contributed by atoms with E-state index in [-0.39, 0.29) is 6.10 Å². The minimum atomic E-state index is -0.0508. The quantitative estimate of drug-likeness (QED) is 0.530. The summed E-state index contributed by atoms with van der Waals surface area (Å²) in [6.07, 6.45) is 11.2. The molecule has 0 aliphatic rings. The van der Waals surface area contributed by atoms with E-state index in [0.717, 1.165) is 18.8 Å². The number of hydrogen-bond acceptors (Lipinski definition) is 1. The highest BCUT2D eigenvalue weighted by atomic mass is 16.3. The molecule has 0 heterocycles. The first-order valence-corrected chi connectivity index (χ1v) is 6.88. The lowest BCUT2D eigenvalue weighted by molar-refractivity contribution is 0.156. The fourth-order valence-electron chi connectivity index (χ4n) is 1.81. The van der Waals surface area contributed by atoms with Crippen LogP contribution in [0.25, 0.3) is 0 Å². The predicted molar refractivity (Wildman–Crippen MR) is 68.1 cm³/mol. The Labute approximate surface area is 96.3 Å². The summed E-state index contributed by atoms with van der Waals surface area (Å²) in [5.74, 6) is 0.909. The van der Waals surface area contributed by atoms with Crippen LogP contribution >= 0.6 is 0 Å². The van der Waals surface area contributed by atoms with Crippen LogP contribution < -0.4 is 0 Å². The highest BCUT2D eigenvalue weighted by Gasteiger charge is 2.00. The normalized spacial score (nSPS) is 15.2. The van der Waals surface area contributed by atoms with Crippen molar-refractivity contribution in [1.29, 1.82) is 0 Å². The zero-order valence-electron chi connectivity index (χ0n) is 11.0. The molecule has 0 aromatic rings. The summed E-state index contributed by atoms with van der Waals surface area (Å²) in [5.41, 5.74) is 0. The Bertz CT molecular complexity index is 109.